The fraction of sp³-hybridized carbons (Fsp3) is 0.300. The van der Waals surface area contributed by atoms with Crippen molar-refractivity contribution in [1.29, 1.82) is 0 Å². The number of hydrogen-bond acceptors (Lipinski definition) is 9. The van der Waals surface area contributed by atoms with Crippen LogP contribution < -0.4 is 11.1 Å². The quantitative estimate of drug-likeness (QED) is 0.308. The Morgan fingerprint density at radius 2 is 2.00 bits per heavy atom. The van der Waals surface area contributed by atoms with Crippen LogP contribution in [0.2, 0.25) is 0 Å². The summed E-state index contributed by atoms with van der Waals surface area (Å²) in [5, 5.41) is 3.44. The molecule has 0 atom stereocenters. The molecular weight excluding hydrogens is 660 g/mol. The zero-order valence-electron chi connectivity index (χ0n) is 18.0. The van der Waals surface area contributed by atoms with Crippen molar-refractivity contribution >= 4 is 48.5 Å². The molecule has 1 saturated heterocycles. The van der Waals surface area contributed by atoms with E-state index in [4.69, 9.17) is 10.5 Å². The fourth-order valence-electron chi connectivity index (χ4n) is 3.21. The van der Waals surface area contributed by atoms with Gasteiger partial charge >= 0.3 is 140 Å². The maximum absolute atomic E-state index is 14.0. The minimum atomic E-state index is -3.76. The molecule has 0 radical (unpaired) electrons. The molecule has 2 heterocycles. The number of aromatic nitrogens is 1. The van der Waals surface area contributed by atoms with Gasteiger partial charge in [0.2, 0.25) is 5.78 Å². The van der Waals surface area contributed by atoms with E-state index in [0.717, 1.165) is 42.8 Å². The summed E-state index contributed by atoms with van der Waals surface area (Å²) in [4.78, 5) is 20.4. The molecule has 182 valence electrons. The van der Waals surface area contributed by atoms with Gasteiger partial charge in [-0.3, -0.25) is 4.79 Å². The number of ether oxygens (including phenoxy) is 1. The van der Waals surface area contributed by atoms with Gasteiger partial charge in [0.05, 0.1) is 5.56 Å². The van der Waals surface area contributed by atoms with Crippen LogP contribution in [0.15, 0.2) is 34.7 Å². The van der Waals surface area contributed by atoms with Gasteiger partial charge in [-0.25, -0.2) is 8.78 Å². The number of carbonyl (C=O) groups excluding carboxylic acids is 1. The van der Waals surface area contributed by atoms with Gasteiger partial charge in [0, 0.05) is 0 Å². The number of nitrogens with zero attached hydrogens (tertiary/aromatic N) is 3. The number of carbonyl (C=O) groups is 1. The van der Waals surface area contributed by atoms with Gasteiger partial charge < -0.3 is 5.73 Å². The Morgan fingerprint density at radius 3 is 2.59 bits per heavy atom. The summed E-state index contributed by atoms with van der Waals surface area (Å²) in [7, 11) is -2.32. The number of piperidine rings is 1. The summed E-state index contributed by atoms with van der Waals surface area (Å²) in [6, 6.07) is 3.01. The molecule has 1 aliphatic heterocycles. The first kappa shape index (κ1) is 26.4. The summed E-state index contributed by atoms with van der Waals surface area (Å²) in [5.41, 5.74) is 5.14. The molecule has 14 heteroatoms. The first-order valence-corrected chi connectivity index (χ1v) is 13.6. The van der Waals surface area contributed by atoms with Gasteiger partial charge in [-0.2, -0.15) is 0 Å². The zero-order valence-corrected chi connectivity index (χ0v) is 22.5. The van der Waals surface area contributed by atoms with E-state index in [1.807, 2.05) is 0 Å². The predicted molar refractivity (Wildman–Crippen MR) is 123 cm³/mol. The molecule has 0 unspecified atom stereocenters. The van der Waals surface area contributed by atoms with Crippen molar-refractivity contribution in [3.63, 3.8) is 0 Å². The average Bonchev–Trinajstić information content (AvgIpc) is 3.17. The average molecular weight is 681 g/mol. The Morgan fingerprint density at radius 1 is 1.38 bits per heavy atom. The predicted octanol–water partition coefficient (Wildman–Crippen LogP) is 2.31. The van der Waals surface area contributed by atoms with Gasteiger partial charge in [-0.1, -0.05) is 6.07 Å². The van der Waals surface area contributed by atoms with Gasteiger partial charge in [0.15, 0.2) is 0 Å². The molecule has 34 heavy (non-hydrogen) atoms. The van der Waals surface area contributed by atoms with Crippen molar-refractivity contribution in [3.8, 4) is 0 Å². The molecule has 3 rings (SSSR count). The molecular formula is C20H21F2N5O4S2W. The Balaban J connectivity index is 1.64. The number of benzene rings is 1. The van der Waals surface area contributed by atoms with Crippen molar-refractivity contribution in [2.45, 2.75) is 18.9 Å². The molecule has 0 bridgehead atoms. The van der Waals surface area contributed by atoms with E-state index in [1.165, 1.54) is 23.7 Å². The number of ketones is 1. The Bertz CT molecular complexity index is 1240. The second kappa shape index (κ2) is 11.0. The Labute approximate surface area is 210 Å². The van der Waals surface area contributed by atoms with Crippen LogP contribution >= 0.6 is 11.3 Å². The van der Waals surface area contributed by atoms with E-state index in [0.29, 0.717) is 22.2 Å². The number of nitrogens with two attached hydrogens (primary N) is 1. The number of anilines is 2. The van der Waals surface area contributed by atoms with E-state index in [-0.39, 0.29) is 34.7 Å². The standard InChI is InChI=1S/C20H21F2N5O4S2.W/c1-12(10-24-11-31-2)33(29,30)27-8-6-13(7-9-27)25-20-26-19(23)18(32-20)17(28)16-14(21)4-3-5-15(16)22;/h3-5,10,13H,1,6-9,23H2,2H3,(H,25,26);. The molecule has 0 amide bonds. The maximum atomic E-state index is 14.0. The molecule has 1 fully saturated rings. The number of nitrogen functional groups attached to an aromatic ring is 1. The third-order valence-corrected chi connectivity index (χ3v) is 8.78. The summed E-state index contributed by atoms with van der Waals surface area (Å²) < 4.78 is 60.0. The van der Waals surface area contributed by atoms with Gasteiger partial charge in [0.1, 0.15) is 22.3 Å². The molecule has 1 aliphatic rings. The normalized spacial score (nSPS) is 15.5. The van der Waals surface area contributed by atoms with E-state index >= 15 is 0 Å². The zero-order chi connectivity index (χ0) is 25.0. The number of aliphatic imine (C=N–C) groups is 1. The van der Waals surface area contributed by atoms with Crippen molar-refractivity contribution in [3.05, 3.63) is 51.8 Å². The van der Waals surface area contributed by atoms with Crippen LogP contribution in [0.1, 0.15) is 28.1 Å². The van der Waals surface area contributed by atoms with Crippen LogP contribution in [0.4, 0.5) is 19.7 Å². The molecule has 0 aliphatic carbocycles. The monoisotopic (exact) mass is 681 g/mol. The number of rotatable bonds is 9. The topological polar surface area (TPSA) is 127 Å². The summed E-state index contributed by atoms with van der Waals surface area (Å²) in [6.07, 6.45) is 2.09. The minimum absolute atomic E-state index is 0.0768. The third kappa shape index (κ3) is 5.89. The van der Waals surface area contributed by atoms with Crippen LogP contribution in [0.5, 0.6) is 0 Å². The van der Waals surface area contributed by atoms with Crippen molar-refractivity contribution < 1.29 is 46.1 Å². The van der Waals surface area contributed by atoms with Crippen molar-refractivity contribution in [2.24, 2.45) is 4.99 Å². The molecule has 1 aromatic carbocycles. The first-order chi connectivity index (χ1) is 16.0. The van der Waals surface area contributed by atoms with Crippen LogP contribution in [-0.2, 0) is 34.1 Å². The fourth-order valence-corrected chi connectivity index (χ4v) is 5.52. The molecule has 1 aromatic heterocycles. The number of allylic oxidation sites excluding steroid dienone is 1. The van der Waals surface area contributed by atoms with Crippen LogP contribution in [0.25, 0.3) is 0 Å². The van der Waals surface area contributed by atoms with Crippen molar-refractivity contribution in [2.75, 3.05) is 31.2 Å². The van der Waals surface area contributed by atoms with Crippen LogP contribution in [0, 0.1) is 11.6 Å². The van der Waals surface area contributed by atoms with Crippen molar-refractivity contribution in [1.82, 2.24) is 9.29 Å². The number of sulfonamides is 1. The molecule has 0 spiro atoms. The molecule has 9 nitrogen and oxygen atoms in total. The second-order valence-electron chi connectivity index (χ2n) is 7.18. The molecule has 2 aromatic rings. The Hall–Kier alpha value is -2.18. The van der Waals surface area contributed by atoms with E-state index in [2.05, 4.69) is 21.9 Å². The summed E-state index contributed by atoms with van der Waals surface area (Å²) in [5.74, 6) is -2.99. The van der Waals surface area contributed by atoms with Crippen LogP contribution in [0.3, 0.4) is 0 Å². The van der Waals surface area contributed by atoms with Gasteiger partial charge in [0.25, 0.3) is 0 Å². The number of halogens is 2. The van der Waals surface area contributed by atoms with E-state index in [9.17, 15) is 22.0 Å². The molecule has 3 N–H and O–H groups in total. The van der Waals surface area contributed by atoms with Crippen LogP contribution in [-0.4, -0.2) is 60.2 Å². The van der Waals surface area contributed by atoms with E-state index in [1.54, 1.807) is 0 Å². The molecule has 0 saturated carbocycles. The van der Waals surface area contributed by atoms with Gasteiger partial charge in [-0.05, 0) is 12.1 Å². The van der Waals surface area contributed by atoms with Gasteiger partial charge in [-0.15, -0.1) is 0 Å². The second-order valence-corrected chi connectivity index (χ2v) is 11.4. The Kier molecular flexibility index (Phi) is 8.58. The number of thiazole rings is 1. The number of nitrogens with one attached hydrogen (secondary N) is 1. The number of hydrogen-bond donors (Lipinski definition) is 2. The first-order valence-electron chi connectivity index (χ1n) is 9.87. The summed E-state index contributed by atoms with van der Waals surface area (Å²) in [6.45, 7) is 4.07. The summed E-state index contributed by atoms with van der Waals surface area (Å²) >= 11 is 1.85. The van der Waals surface area contributed by atoms with E-state index < -0.39 is 33.0 Å². The number of methoxy groups -OCH3 is 1. The third-order valence-electron chi connectivity index (χ3n) is 4.99. The SMILES string of the molecule is C=C(/C=N\[C](=[W])OC)S(=O)(=O)N1CCC(Nc2nc(N)c(C(=O)c3c(F)cccc3F)s2)CC1.